The van der Waals surface area contributed by atoms with Gasteiger partial charge in [-0.3, -0.25) is 4.79 Å². The first-order valence-electron chi connectivity index (χ1n) is 6.85. The Balaban J connectivity index is 1.96. The van der Waals surface area contributed by atoms with Gasteiger partial charge in [0, 0.05) is 12.0 Å². The number of carbonyl (C=O) groups is 1. The van der Waals surface area contributed by atoms with E-state index in [1.807, 2.05) is 0 Å². The summed E-state index contributed by atoms with van der Waals surface area (Å²) in [5.41, 5.74) is 1.09. The van der Waals surface area contributed by atoms with Crippen molar-refractivity contribution in [1.29, 1.82) is 0 Å². The SMILES string of the molecule is CC12CCC(/C(=C/C3CCCO3)C1=O)C2(C)C. The van der Waals surface area contributed by atoms with Gasteiger partial charge < -0.3 is 4.74 Å². The molecule has 3 atom stereocenters. The third-order valence-corrected chi connectivity index (χ3v) is 5.70. The van der Waals surface area contributed by atoms with E-state index in [0.29, 0.717) is 11.7 Å². The fourth-order valence-electron chi connectivity index (χ4n) is 4.05. The largest absolute Gasteiger partial charge is 0.374 e. The summed E-state index contributed by atoms with van der Waals surface area (Å²) in [6.45, 7) is 7.54. The van der Waals surface area contributed by atoms with Crippen LogP contribution < -0.4 is 0 Å². The second-order valence-electron chi connectivity index (χ2n) is 6.65. The lowest BCUT2D eigenvalue weighted by Crippen LogP contribution is -2.32. The van der Waals surface area contributed by atoms with Crippen LogP contribution in [0.1, 0.15) is 46.5 Å². The molecule has 3 rings (SSSR count). The quantitative estimate of drug-likeness (QED) is 0.652. The fourth-order valence-corrected chi connectivity index (χ4v) is 4.05. The molecular weight excluding hydrogens is 212 g/mol. The Morgan fingerprint density at radius 3 is 2.59 bits per heavy atom. The van der Waals surface area contributed by atoms with Crippen molar-refractivity contribution in [2.24, 2.45) is 16.7 Å². The van der Waals surface area contributed by atoms with Gasteiger partial charge >= 0.3 is 0 Å². The van der Waals surface area contributed by atoms with E-state index in [1.54, 1.807) is 0 Å². The van der Waals surface area contributed by atoms with Crippen molar-refractivity contribution >= 4 is 5.78 Å². The molecular formula is C15H22O2. The Hall–Kier alpha value is -0.630. The predicted molar refractivity (Wildman–Crippen MR) is 66.7 cm³/mol. The second kappa shape index (κ2) is 3.44. The summed E-state index contributed by atoms with van der Waals surface area (Å²) in [5.74, 6) is 0.860. The van der Waals surface area contributed by atoms with Gasteiger partial charge in [-0.25, -0.2) is 0 Å². The lowest BCUT2D eigenvalue weighted by Gasteiger charge is -2.31. The highest BCUT2D eigenvalue weighted by Crippen LogP contribution is 2.65. The zero-order chi connectivity index (χ0) is 12.3. The van der Waals surface area contributed by atoms with Gasteiger partial charge in [0.15, 0.2) is 5.78 Å². The molecule has 0 aromatic carbocycles. The van der Waals surface area contributed by atoms with Crippen LogP contribution in [-0.4, -0.2) is 18.5 Å². The van der Waals surface area contributed by atoms with Gasteiger partial charge in [0.2, 0.25) is 0 Å². The van der Waals surface area contributed by atoms with E-state index < -0.39 is 0 Å². The van der Waals surface area contributed by atoms with Crippen molar-refractivity contribution in [2.45, 2.75) is 52.6 Å². The molecule has 3 aliphatic rings. The molecule has 1 heterocycles. The first-order valence-corrected chi connectivity index (χ1v) is 6.85. The summed E-state index contributed by atoms with van der Waals surface area (Å²) >= 11 is 0. The average Bonchev–Trinajstić information content (AvgIpc) is 2.87. The molecule has 0 aromatic rings. The van der Waals surface area contributed by atoms with Gasteiger partial charge in [0.1, 0.15) is 0 Å². The van der Waals surface area contributed by atoms with Crippen molar-refractivity contribution in [2.75, 3.05) is 6.61 Å². The molecule has 0 amide bonds. The third kappa shape index (κ3) is 1.33. The van der Waals surface area contributed by atoms with Crippen molar-refractivity contribution in [1.82, 2.24) is 0 Å². The number of hydrogen-bond donors (Lipinski definition) is 0. The summed E-state index contributed by atoms with van der Waals surface area (Å²) in [5, 5.41) is 0. The lowest BCUT2D eigenvalue weighted by molar-refractivity contribution is -0.125. The van der Waals surface area contributed by atoms with Crippen LogP contribution in [0.3, 0.4) is 0 Å². The normalized spacial score (nSPS) is 46.1. The molecule has 2 nitrogen and oxygen atoms in total. The van der Waals surface area contributed by atoms with Crippen LogP contribution in [0.15, 0.2) is 11.6 Å². The van der Waals surface area contributed by atoms with E-state index in [-0.39, 0.29) is 16.9 Å². The molecule has 2 saturated carbocycles. The summed E-state index contributed by atoms with van der Waals surface area (Å²) in [7, 11) is 0. The molecule has 3 unspecified atom stereocenters. The average molecular weight is 234 g/mol. The molecule has 0 spiro atoms. The Morgan fingerprint density at radius 1 is 1.29 bits per heavy atom. The third-order valence-electron chi connectivity index (χ3n) is 5.70. The number of hydrogen-bond acceptors (Lipinski definition) is 2. The first kappa shape index (κ1) is 11.5. The maximum atomic E-state index is 12.6. The number of carbonyl (C=O) groups excluding carboxylic acids is 1. The van der Waals surface area contributed by atoms with Gasteiger partial charge in [-0.2, -0.15) is 0 Å². The molecule has 1 aliphatic heterocycles. The Bertz CT molecular complexity index is 388. The summed E-state index contributed by atoms with van der Waals surface area (Å²) < 4.78 is 5.64. The summed E-state index contributed by atoms with van der Waals surface area (Å²) in [4.78, 5) is 12.6. The van der Waals surface area contributed by atoms with E-state index in [4.69, 9.17) is 4.74 Å². The zero-order valence-corrected chi connectivity index (χ0v) is 11.1. The van der Waals surface area contributed by atoms with Crippen LogP contribution >= 0.6 is 0 Å². The zero-order valence-electron chi connectivity index (χ0n) is 11.1. The fraction of sp³-hybridized carbons (Fsp3) is 0.800. The van der Waals surface area contributed by atoms with E-state index in [2.05, 4.69) is 26.8 Å². The number of ether oxygens (including phenoxy) is 1. The minimum atomic E-state index is -0.123. The van der Waals surface area contributed by atoms with Crippen LogP contribution in [0.2, 0.25) is 0 Å². The Labute approximate surface area is 103 Å². The minimum absolute atomic E-state index is 0.123. The highest BCUT2D eigenvalue weighted by Gasteiger charge is 2.63. The smallest absolute Gasteiger partial charge is 0.165 e. The van der Waals surface area contributed by atoms with Crippen LogP contribution in [0.5, 0.6) is 0 Å². The van der Waals surface area contributed by atoms with Crippen molar-refractivity contribution in [3.05, 3.63) is 11.6 Å². The minimum Gasteiger partial charge on any atom is -0.374 e. The number of ketones is 1. The molecule has 3 fully saturated rings. The standard InChI is InChI=1S/C15H22O2/c1-14(2)12-6-7-15(14,3)13(16)11(12)9-10-5-4-8-17-10/h9-10,12H,4-8H2,1-3H3/b11-9-. The van der Waals surface area contributed by atoms with Gasteiger partial charge in [0.05, 0.1) is 6.10 Å². The highest BCUT2D eigenvalue weighted by atomic mass is 16.5. The maximum absolute atomic E-state index is 12.6. The topological polar surface area (TPSA) is 26.3 Å². The summed E-state index contributed by atoms with van der Waals surface area (Å²) in [6, 6.07) is 0. The second-order valence-corrected chi connectivity index (χ2v) is 6.65. The Morgan fingerprint density at radius 2 is 2.06 bits per heavy atom. The molecule has 0 aromatic heterocycles. The molecule has 2 aliphatic carbocycles. The molecule has 17 heavy (non-hydrogen) atoms. The van der Waals surface area contributed by atoms with Crippen molar-refractivity contribution in [3.8, 4) is 0 Å². The maximum Gasteiger partial charge on any atom is 0.165 e. The first-order chi connectivity index (χ1) is 7.97. The predicted octanol–water partition coefficient (Wildman–Crippen LogP) is 3.12. The molecule has 0 radical (unpaired) electrons. The molecule has 2 bridgehead atoms. The van der Waals surface area contributed by atoms with E-state index in [9.17, 15) is 4.79 Å². The van der Waals surface area contributed by atoms with E-state index in [1.165, 1.54) is 6.42 Å². The van der Waals surface area contributed by atoms with Crippen LogP contribution in [0.4, 0.5) is 0 Å². The van der Waals surface area contributed by atoms with Crippen LogP contribution in [-0.2, 0) is 9.53 Å². The molecule has 0 N–H and O–H groups in total. The van der Waals surface area contributed by atoms with E-state index >= 15 is 0 Å². The number of allylic oxidation sites excluding steroid dienone is 1. The van der Waals surface area contributed by atoms with E-state index in [0.717, 1.165) is 31.4 Å². The molecule has 94 valence electrons. The van der Waals surface area contributed by atoms with Gasteiger partial charge in [-0.05, 0) is 48.7 Å². The lowest BCUT2D eigenvalue weighted by atomic mass is 9.70. The monoisotopic (exact) mass is 234 g/mol. The molecule has 1 saturated heterocycles. The van der Waals surface area contributed by atoms with Gasteiger partial charge in [0.25, 0.3) is 0 Å². The molecule has 2 heteroatoms. The van der Waals surface area contributed by atoms with Gasteiger partial charge in [-0.1, -0.05) is 20.8 Å². The van der Waals surface area contributed by atoms with Gasteiger partial charge in [-0.15, -0.1) is 0 Å². The van der Waals surface area contributed by atoms with Crippen LogP contribution in [0, 0.1) is 16.7 Å². The number of fused-ring (bicyclic) bond motifs is 2. The van der Waals surface area contributed by atoms with Crippen molar-refractivity contribution in [3.63, 3.8) is 0 Å². The summed E-state index contributed by atoms with van der Waals surface area (Å²) in [6.07, 6.45) is 6.80. The highest BCUT2D eigenvalue weighted by molar-refractivity contribution is 6.04. The van der Waals surface area contributed by atoms with Crippen molar-refractivity contribution < 1.29 is 9.53 Å². The Kier molecular flexibility index (Phi) is 2.32. The number of rotatable bonds is 1. The number of Topliss-reactive ketones (excluding diaryl/α,β-unsaturated/α-hetero) is 1. The van der Waals surface area contributed by atoms with Crippen LogP contribution in [0.25, 0.3) is 0 Å².